The van der Waals surface area contributed by atoms with Crippen molar-refractivity contribution in [1.29, 1.82) is 0 Å². The number of hydrogen-bond acceptors (Lipinski definition) is 4. The fourth-order valence-corrected chi connectivity index (χ4v) is 1.98. The zero-order valence-corrected chi connectivity index (χ0v) is 11.0. The monoisotopic (exact) mass is 270 g/mol. The van der Waals surface area contributed by atoms with Crippen LogP contribution >= 0.6 is 0 Å². The van der Waals surface area contributed by atoms with Crippen LogP contribution in [0.25, 0.3) is 0 Å². The summed E-state index contributed by atoms with van der Waals surface area (Å²) in [6.07, 6.45) is 0. The van der Waals surface area contributed by atoms with E-state index in [4.69, 9.17) is 4.84 Å². The summed E-state index contributed by atoms with van der Waals surface area (Å²) in [4.78, 5) is 15.9. The lowest BCUT2D eigenvalue weighted by molar-refractivity contribution is -0.508. The Bertz CT molecular complexity index is 597. The average Bonchev–Trinajstić information content (AvgIpc) is 2.48. The SMILES string of the molecule is CO/N=C(\c1ccccc1)C(c1ccccc1)[N+](=O)[O-]. The van der Waals surface area contributed by atoms with Gasteiger partial charge in [-0.05, 0) is 0 Å². The van der Waals surface area contributed by atoms with Crippen LogP contribution < -0.4 is 0 Å². The number of oxime groups is 1. The molecule has 2 aromatic carbocycles. The first-order valence-corrected chi connectivity index (χ1v) is 6.09. The van der Waals surface area contributed by atoms with E-state index < -0.39 is 6.04 Å². The Morgan fingerprint density at radius 2 is 1.65 bits per heavy atom. The molecular formula is C15H14N2O3. The first-order chi connectivity index (χ1) is 9.74. The summed E-state index contributed by atoms with van der Waals surface area (Å²) in [6, 6.07) is 16.7. The molecule has 20 heavy (non-hydrogen) atoms. The van der Waals surface area contributed by atoms with Gasteiger partial charge in [0.25, 0.3) is 6.04 Å². The van der Waals surface area contributed by atoms with Crippen molar-refractivity contribution in [3.8, 4) is 0 Å². The summed E-state index contributed by atoms with van der Waals surface area (Å²) in [5.41, 5.74) is 1.52. The minimum absolute atomic E-state index is 0.282. The molecule has 0 aliphatic rings. The zero-order valence-electron chi connectivity index (χ0n) is 11.0. The molecular weight excluding hydrogens is 256 g/mol. The van der Waals surface area contributed by atoms with Gasteiger partial charge in [0.15, 0.2) is 5.71 Å². The lowest BCUT2D eigenvalue weighted by atomic mass is 9.97. The molecule has 0 saturated heterocycles. The van der Waals surface area contributed by atoms with E-state index in [2.05, 4.69) is 5.16 Å². The van der Waals surface area contributed by atoms with Gasteiger partial charge in [-0.3, -0.25) is 10.1 Å². The summed E-state index contributed by atoms with van der Waals surface area (Å²) >= 11 is 0. The van der Waals surface area contributed by atoms with Gasteiger partial charge in [-0.15, -0.1) is 0 Å². The summed E-state index contributed by atoms with van der Waals surface area (Å²) in [7, 11) is 1.38. The van der Waals surface area contributed by atoms with Crippen molar-refractivity contribution < 1.29 is 9.76 Å². The molecule has 102 valence electrons. The normalized spacial score (nSPS) is 12.8. The van der Waals surface area contributed by atoms with Crippen molar-refractivity contribution in [2.24, 2.45) is 5.16 Å². The molecule has 2 rings (SSSR count). The van der Waals surface area contributed by atoms with Crippen molar-refractivity contribution in [3.63, 3.8) is 0 Å². The van der Waals surface area contributed by atoms with Gasteiger partial charge < -0.3 is 4.84 Å². The molecule has 0 saturated carbocycles. The molecule has 5 nitrogen and oxygen atoms in total. The minimum Gasteiger partial charge on any atom is -0.399 e. The van der Waals surface area contributed by atoms with E-state index in [0.29, 0.717) is 11.1 Å². The molecule has 0 aliphatic heterocycles. The van der Waals surface area contributed by atoms with Gasteiger partial charge in [-0.25, -0.2) is 0 Å². The molecule has 0 spiro atoms. The van der Waals surface area contributed by atoms with Crippen LogP contribution in [0, 0.1) is 10.1 Å². The summed E-state index contributed by atoms with van der Waals surface area (Å²) in [5.74, 6) is 0. The Hall–Kier alpha value is -2.69. The first kappa shape index (κ1) is 13.7. The lowest BCUT2D eigenvalue weighted by Crippen LogP contribution is -2.22. The Morgan fingerprint density at radius 3 is 2.15 bits per heavy atom. The highest BCUT2D eigenvalue weighted by Gasteiger charge is 2.31. The Morgan fingerprint density at radius 1 is 1.10 bits per heavy atom. The van der Waals surface area contributed by atoms with Gasteiger partial charge in [-0.2, -0.15) is 0 Å². The van der Waals surface area contributed by atoms with Gasteiger partial charge in [-0.1, -0.05) is 65.8 Å². The highest BCUT2D eigenvalue weighted by Crippen LogP contribution is 2.22. The third-order valence-electron chi connectivity index (χ3n) is 2.84. The zero-order chi connectivity index (χ0) is 14.4. The third-order valence-corrected chi connectivity index (χ3v) is 2.84. The second-order valence-corrected chi connectivity index (χ2v) is 4.12. The van der Waals surface area contributed by atoms with E-state index in [1.165, 1.54) is 7.11 Å². The number of benzene rings is 2. The molecule has 0 radical (unpaired) electrons. The quantitative estimate of drug-likeness (QED) is 0.476. The van der Waals surface area contributed by atoms with Gasteiger partial charge >= 0.3 is 0 Å². The third kappa shape index (κ3) is 3.00. The van der Waals surface area contributed by atoms with E-state index in [0.717, 1.165) is 0 Å². The first-order valence-electron chi connectivity index (χ1n) is 6.09. The summed E-state index contributed by atoms with van der Waals surface area (Å²) < 4.78 is 0. The van der Waals surface area contributed by atoms with Gasteiger partial charge in [0.2, 0.25) is 0 Å². The van der Waals surface area contributed by atoms with Crippen LogP contribution in [0.3, 0.4) is 0 Å². The molecule has 0 N–H and O–H groups in total. The molecule has 0 heterocycles. The maximum absolute atomic E-state index is 11.5. The number of hydrogen-bond donors (Lipinski definition) is 0. The maximum atomic E-state index is 11.5. The summed E-state index contributed by atoms with van der Waals surface area (Å²) in [5, 5.41) is 15.3. The standard InChI is InChI=1S/C15H14N2O3/c1-20-16-14(12-8-4-2-5-9-12)15(17(18)19)13-10-6-3-7-11-13/h2-11,15H,1H3/b16-14+. The molecule has 5 heteroatoms. The second-order valence-electron chi connectivity index (χ2n) is 4.12. The van der Waals surface area contributed by atoms with Crippen molar-refractivity contribution in [3.05, 3.63) is 81.9 Å². The number of nitrogens with zero attached hydrogens (tertiary/aromatic N) is 2. The fourth-order valence-electron chi connectivity index (χ4n) is 1.98. The molecule has 2 aromatic rings. The van der Waals surface area contributed by atoms with Crippen LogP contribution in [-0.4, -0.2) is 17.7 Å². The van der Waals surface area contributed by atoms with Crippen LogP contribution in [-0.2, 0) is 4.84 Å². The lowest BCUT2D eigenvalue weighted by Gasteiger charge is -2.12. The Kier molecular flexibility index (Phi) is 4.44. The largest absolute Gasteiger partial charge is 0.399 e. The topological polar surface area (TPSA) is 64.7 Å². The Balaban J connectivity index is 2.51. The molecule has 0 aromatic heterocycles. The van der Waals surface area contributed by atoms with Crippen LogP contribution in [0.2, 0.25) is 0 Å². The number of nitro groups is 1. The van der Waals surface area contributed by atoms with Gasteiger partial charge in [0, 0.05) is 16.1 Å². The van der Waals surface area contributed by atoms with Crippen molar-refractivity contribution in [2.45, 2.75) is 6.04 Å². The molecule has 1 atom stereocenters. The summed E-state index contributed by atoms with van der Waals surface area (Å²) in [6.45, 7) is 0. The minimum atomic E-state index is -1.06. The fraction of sp³-hybridized carbons (Fsp3) is 0.133. The molecule has 1 unspecified atom stereocenters. The van der Waals surface area contributed by atoms with E-state index in [-0.39, 0.29) is 10.6 Å². The molecule has 0 aliphatic carbocycles. The van der Waals surface area contributed by atoms with Crippen LogP contribution in [0.15, 0.2) is 65.8 Å². The van der Waals surface area contributed by atoms with Crippen LogP contribution in [0.5, 0.6) is 0 Å². The smallest absolute Gasteiger partial charge is 0.283 e. The van der Waals surface area contributed by atoms with Crippen molar-refractivity contribution in [2.75, 3.05) is 7.11 Å². The van der Waals surface area contributed by atoms with E-state index in [1.807, 2.05) is 24.3 Å². The Labute approximate surface area is 116 Å². The van der Waals surface area contributed by atoms with E-state index >= 15 is 0 Å². The molecule has 0 fully saturated rings. The van der Waals surface area contributed by atoms with E-state index in [1.54, 1.807) is 36.4 Å². The van der Waals surface area contributed by atoms with E-state index in [9.17, 15) is 10.1 Å². The average molecular weight is 270 g/mol. The van der Waals surface area contributed by atoms with Crippen LogP contribution in [0.1, 0.15) is 17.2 Å². The second kappa shape index (κ2) is 6.47. The van der Waals surface area contributed by atoms with Gasteiger partial charge in [0.1, 0.15) is 7.11 Å². The predicted octanol–water partition coefficient (Wildman–Crippen LogP) is 3.06. The molecule has 0 bridgehead atoms. The van der Waals surface area contributed by atoms with Crippen molar-refractivity contribution >= 4 is 5.71 Å². The highest BCUT2D eigenvalue weighted by molar-refractivity contribution is 6.03. The van der Waals surface area contributed by atoms with Crippen molar-refractivity contribution in [1.82, 2.24) is 0 Å². The van der Waals surface area contributed by atoms with Crippen LogP contribution in [0.4, 0.5) is 0 Å². The maximum Gasteiger partial charge on any atom is 0.283 e. The predicted molar refractivity (Wildman–Crippen MR) is 76.2 cm³/mol. The van der Waals surface area contributed by atoms with Gasteiger partial charge in [0.05, 0.1) is 0 Å². The highest BCUT2D eigenvalue weighted by atomic mass is 16.6. The number of rotatable bonds is 5. The molecule has 0 amide bonds.